The van der Waals surface area contributed by atoms with E-state index in [-0.39, 0.29) is 94.2 Å². The first-order valence-corrected chi connectivity index (χ1v) is 23.6. The van der Waals surface area contributed by atoms with Gasteiger partial charge >= 0.3 is 71.1 Å². The van der Waals surface area contributed by atoms with Gasteiger partial charge in [0.1, 0.15) is 31.7 Å². The molecule has 0 spiro atoms. The fraction of sp³-hybridized carbons (Fsp3) is 0.714. The van der Waals surface area contributed by atoms with Crippen LogP contribution in [0.25, 0.3) is 10.8 Å². The Kier molecular flexibility index (Phi) is 31.9. The van der Waals surface area contributed by atoms with Gasteiger partial charge < -0.3 is 18.6 Å². The van der Waals surface area contributed by atoms with Crippen LogP contribution in [0.1, 0.15) is 194 Å². The molecule has 308 valence electrons. The molecule has 56 heavy (non-hydrogen) atoms. The molecule has 0 aromatic heterocycles. The Labute approximate surface area is 382 Å². The first-order valence-electron chi connectivity index (χ1n) is 20.8. The van der Waals surface area contributed by atoms with Crippen LogP contribution >= 0.6 is 0 Å². The van der Waals surface area contributed by atoms with E-state index >= 15 is 0 Å². The van der Waals surface area contributed by atoms with Crippen LogP contribution in [-0.2, 0) is 29.8 Å². The monoisotopic (exact) mass is 840 g/mol. The minimum Gasteiger partial charge on any atom is -0.744 e. The molecule has 0 saturated carbocycles. The van der Waals surface area contributed by atoms with Gasteiger partial charge in [0.15, 0.2) is 0 Å². The summed E-state index contributed by atoms with van der Waals surface area (Å²) in [7, 11) is -10.2. The normalized spacial score (nSPS) is 11.6. The van der Waals surface area contributed by atoms with E-state index in [1.807, 2.05) is 0 Å². The van der Waals surface area contributed by atoms with Crippen LogP contribution in [0.5, 0.6) is 11.5 Å². The van der Waals surface area contributed by atoms with Crippen LogP contribution in [0.3, 0.4) is 0 Å². The summed E-state index contributed by atoms with van der Waals surface area (Å²) in [6, 6.07) is 3.48. The van der Waals surface area contributed by atoms with Gasteiger partial charge in [-0.25, -0.2) is 16.8 Å². The molecule has 2 aromatic carbocycles. The summed E-state index contributed by atoms with van der Waals surface area (Å²) in [5.41, 5.74) is 0. The van der Waals surface area contributed by atoms with Crippen molar-refractivity contribution in [3.05, 3.63) is 24.3 Å². The minimum atomic E-state index is -5.09. The van der Waals surface area contributed by atoms with Crippen molar-refractivity contribution in [3.63, 3.8) is 0 Å². The van der Waals surface area contributed by atoms with E-state index < -0.39 is 42.0 Å². The predicted molar refractivity (Wildman–Crippen MR) is 212 cm³/mol. The second-order valence-electron chi connectivity index (χ2n) is 14.8. The van der Waals surface area contributed by atoms with Crippen LogP contribution in [0, 0.1) is 0 Å². The van der Waals surface area contributed by atoms with E-state index in [4.69, 9.17) is 9.47 Å². The maximum atomic E-state index is 12.9. The van der Waals surface area contributed by atoms with Crippen molar-refractivity contribution in [3.8, 4) is 11.5 Å². The van der Waals surface area contributed by atoms with Crippen molar-refractivity contribution >= 4 is 42.9 Å². The molecule has 0 aliphatic carbocycles. The third-order valence-electron chi connectivity index (χ3n) is 9.92. The molecule has 0 fully saturated rings. The number of hydrogen-bond acceptors (Lipinski definition) is 10. The van der Waals surface area contributed by atoms with Gasteiger partial charge in [-0.15, -0.1) is 0 Å². The van der Waals surface area contributed by atoms with E-state index in [1.54, 1.807) is 0 Å². The summed E-state index contributed by atoms with van der Waals surface area (Å²) in [4.78, 5) is 24.3. The van der Waals surface area contributed by atoms with E-state index in [9.17, 15) is 35.5 Å². The average molecular weight is 841 g/mol. The molecule has 0 N–H and O–H groups in total. The molecule has 0 radical (unpaired) electrons. The molecule has 2 aromatic rings. The second kappa shape index (κ2) is 32.3. The third kappa shape index (κ3) is 24.5. The van der Waals surface area contributed by atoms with Gasteiger partial charge in [-0.05, 0) is 42.5 Å². The summed E-state index contributed by atoms with van der Waals surface area (Å²) in [6.45, 7) is 4.44. The van der Waals surface area contributed by atoms with Crippen molar-refractivity contribution < 1.29 is 104 Å². The number of rotatable bonds is 32. The zero-order valence-electron chi connectivity index (χ0n) is 35.0. The number of esters is 2. The van der Waals surface area contributed by atoms with E-state index in [1.165, 1.54) is 103 Å². The molecule has 0 saturated heterocycles. The van der Waals surface area contributed by atoms with Gasteiger partial charge in [-0.2, -0.15) is 0 Å². The molecule has 0 unspecified atom stereocenters. The maximum Gasteiger partial charge on any atom is 1.00 e. The van der Waals surface area contributed by atoms with Gasteiger partial charge in [0, 0.05) is 12.8 Å². The second-order valence-corrected chi connectivity index (χ2v) is 17.5. The third-order valence-corrected chi connectivity index (χ3v) is 11.5. The Hall–Kier alpha value is -0.540. The Morgan fingerprint density at radius 2 is 0.696 bits per heavy atom. The number of benzene rings is 2. The summed E-state index contributed by atoms with van der Waals surface area (Å²) >= 11 is 0. The SMILES string of the molecule is CCCCCCCCCCCCCCCC(=O)Oc1cc(S(=O)(=O)[O-])cc2cc(S(=O)(=O)[O-])cc(OC(=O)CCCCCCCCCCCCCCC)c12.[Na+].[Na+]. The summed E-state index contributed by atoms with van der Waals surface area (Å²) < 4.78 is 83.1. The maximum absolute atomic E-state index is 12.9. The number of hydrogen-bond donors (Lipinski definition) is 0. The zero-order chi connectivity index (χ0) is 39.7. The molecule has 2 rings (SSSR count). The van der Waals surface area contributed by atoms with Crippen LogP contribution in [0.15, 0.2) is 34.1 Å². The smallest absolute Gasteiger partial charge is 0.744 e. The molecule has 0 amide bonds. The topological polar surface area (TPSA) is 167 Å². The summed E-state index contributed by atoms with van der Waals surface area (Å²) in [5.74, 6) is -2.13. The Bertz CT molecular complexity index is 1500. The van der Waals surface area contributed by atoms with Crippen molar-refractivity contribution in [1.29, 1.82) is 0 Å². The van der Waals surface area contributed by atoms with Gasteiger partial charge in [0.2, 0.25) is 0 Å². The Morgan fingerprint density at radius 1 is 0.446 bits per heavy atom. The molecule has 14 heteroatoms. The summed E-state index contributed by atoms with van der Waals surface area (Å²) in [6.07, 6.45) is 29.5. The fourth-order valence-corrected chi connectivity index (χ4v) is 7.80. The van der Waals surface area contributed by atoms with Crippen molar-refractivity contribution in [2.45, 2.75) is 203 Å². The molecule has 0 aliphatic rings. The van der Waals surface area contributed by atoms with Crippen LogP contribution in [0.4, 0.5) is 0 Å². The Balaban J connectivity index is 0.0000151. The van der Waals surface area contributed by atoms with E-state index in [0.717, 1.165) is 75.6 Å². The fourth-order valence-electron chi connectivity index (χ4n) is 6.76. The Morgan fingerprint density at radius 3 is 0.946 bits per heavy atom. The number of ether oxygens (including phenoxy) is 2. The average Bonchev–Trinajstić information content (AvgIpc) is 3.11. The molecule has 10 nitrogen and oxygen atoms in total. The molecular formula is C42H66Na2O10S2. The molecule has 0 atom stereocenters. The summed E-state index contributed by atoms with van der Waals surface area (Å²) in [5, 5.41) is -0.302. The van der Waals surface area contributed by atoms with Gasteiger partial charge in [-0.3, -0.25) is 9.59 Å². The van der Waals surface area contributed by atoms with Gasteiger partial charge in [-0.1, -0.05) is 168 Å². The van der Waals surface area contributed by atoms with Crippen molar-refractivity contribution in [1.82, 2.24) is 0 Å². The number of unbranched alkanes of at least 4 members (excludes halogenated alkanes) is 24. The molecular weight excluding hydrogens is 775 g/mol. The van der Waals surface area contributed by atoms with Gasteiger partial charge in [0.25, 0.3) is 0 Å². The van der Waals surface area contributed by atoms with Crippen LogP contribution in [-0.4, -0.2) is 37.9 Å². The zero-order valence-corrected chi connectivity index (χ0v) is 40.6. The molecule has 0 aliphatic heterocycles. The number of fused-ring (bicyclic) bond motifs is 1. The molecule has 0 bridgehead atoms. The van der Waals surface area contributed by atoms with Crippen molar-refractivity contribution in [2.75, 3.05) is 0 Å². The number of carbonyl (C=O) groups is 2. The first-order chi connectivity index (χ1) is 25.9. The standard InChI is InChI=1S/C42H68O10S2.2Na/c1-3-5-7-9-11-13-15-17-19-21-23-25-27-29-40(43)51-38-33-36(53(45,46)47)31-35-32-37(54(48,49)50)34-39(42(35)38)52-41(44)30-28-26-24-22-20-18-16-14-12-10-8-6-4-2;;/h31-34H,3-30H2,1-2H3,(H,45,46,47)(H,48,49,50);;/q;2*+1/p-2. The molecule has 0 heterocycles. The quantitative estimate of drug-likeness (QED) is 0.0305. The minimum absolute atomic E-state index is 0. The first kappa shape index (κ1) is 55.5. The number of carbonyl (C=O) groups excluding carboxylic acids is 2. The van der Waals surface area contributed by atoms with Crippen LogP contribution < -0.4 is 68.6 Å². The van der Waals surface area contributed by atoms with E-state index in [2.05, 4.69) is 13.8 Å². The predicted octanol–water partition coefficient (Wildman–Crippen LogP) is 5.43. The largest absolute Gasteiger partial charge is 1.00 e. The van der Waals surface area contributed by atoms with Crippen LogP contribution in [0.2, 0.25) is 0 Å². The van der Waals surface area contributed by atoms with E-state index in [0.29, 0.717) is 12.8 Å². The van der Waals surface area contributed by atoms with Crippen molar-refractivity contribution in [2.24, 2.45) is 0 Å². The van der Waals surface area contributed by atoms with Gasteiger partial charge in [0.05, 0.1) is 15.2 Å².